The standard InChI is InChI=1S/C14H25N3S/c1-5-11(6-2)9-8-10-12(17-7-3)13(15)14(16)18-4/h5,7,11,16H,1,6,8-10,15H2,2-4H3/b13-12+,16-14?,17-7?. The van der Waals surface area contributed by atoms with Gasteiger partial charge in [0, 0.05) is 6.21 Å². The smallest absolute Gasteiger partial charge is 0.112 e. The second kappa shape index (κ2) is 9.95. The lowest BCUT2D eigenvalue weighted by molar-refractivity contribution is 0.544. The molecule has 3 nitrogen and oxygen atoms in total. The number of hydrogen-bond acceptors (Lipinski definition) is 4. The van der Waals surface area contributed by atoms with Crippen molar-refractivity contribution in [1.82, 2.24) is 0 Å². The van der Waals surface area contributed by atoms with Crippen LogP contribution in [-0.2, 0) is 0 Å². The second-order valence-electron chi connectivity index (χ2n) is 4.08. The summed E-state index contributed by atoms with van der Waals surface area (Å²) in [5, 5.41) is 8.13. The number of nitrogens with two attached hydrogens (primary N) is 1. The Bertz CT molecular complexity index is 332. The zero-order chi connectivity index (χ0) is 14.0. The number of aliphatic imine (C=N–C) groups is 1. The highest BCUT2D eigenvalue weighted by Crippen LogP contribution is 2.19. The lowest BCUT2D eigenvalue weighted by Gasteiger charge is -2.11. The summed E-state index contributed by atoms with van der Waals surface area (Å²) >= 11 is 1.35. The zero-order valence-electron chi connectivity index (χ0n) is 11.7. The molecular formula is C14H25N3S. The van der Waals surface area contributed by atoms with Crippen molar-refractivity contribution in [1.29, 1.82) is 5.41 Å². The fraction of sp³-hybridized carbons (Fsp3) is 0.571. The van der Waals surface area contributed by atoms with E-state index in [1.165, 1.54) is 11.8 Å². The van der Waals surface area contributed by atoms with Crippen LogP contribution in [-0.4, -0.2) is 17.5 Å². The Morgan fingerprint density at radius 3 is 2.67 bits per heavy atom. The van der Waals surface area contributed by atoms with Gasteiger partial charge in [0.15, 0.2) is 0 Å². The van der Waals surface area contributed by atoms with Gasteiger partial charge in [-0.1, -0.05) is 13.0 Å². The van der Waals surface area contributed by atoms with Crippen LogP contribution >= 0.6 is 11.8 Å². The van der Waals surface area contributed by atoms with E-state index in [0.717, 1.165) is 31.4 Å². The fourth-order valence-electron chi connectivity index (χ4n) is 1.69. The minimum Gasteiger partial charge on any atom is -0.395 e. The van der Waals surface area contributed by atoms with Crippen molar-refractivity contribution in [2.45, 2.75) is 39.5 Å². The third-order valence-corrected chi connectivity index (χ3v) is 3.52. The molecule has 0 spiro atoms. The fourth-order valence-corrected chi connectivity index (χ4v) is 2.02. The van der Waals surface area contributed by atoms with Crippen LogP contribution in [0.1, 0.15) is 39.5 Å². The third-order valence-electron chi connectivity index (χ3n) is 2.89. The average molecular weight is 267 g/mol. The normalized spacial score (nSPS) is 14.4. The van der Waals surface area contributed by atoms with Crippen LogP contribution < -0.4 is 5.73 Å². The van der Waals surface area contributed by atoms with Crippen molar-refractivity contribution in [2.24, 2.45) is 16.6 Å². The molecule has 0 saturated carbocycles. The molecule has 0 radical (unpaired) electrons. The maximum atomic E-state index is 7.73. The molecule has 0 aliphatic heterocycles. The first-order chi connectivity index (χ1) is 8.60. The molecule has 0 saturated heterocycles. The van der Waals surface area contributed by atoms with E-state index in [4.69, 9.17) is 11.1 Å². The monoisotopic (exact) mass is 267 g/mol. The quantitative estimate of drug-likeness (QED) is 0.397. The third kappa shape index (κ3) is 6.05. The predicted molar refractivity (Wildman–Crippen MR) is 84.5 cm³/mol. The van der Waals surface area contributed by atoms with Crippen LogP contribution in [0.4, 0.5) is 0 Å². The van der Waals surface area contributed by atoms with Crippen LogP contribution in [0, 0.1) is 11.3 Å². The van der Waals surface area contributed by atoms with Crippen LogP contribution in [0.15, 0.2) is 29.0 Å². The van der Waals surface area contributed by atoms with E-state index >= 15 is 0 Å². The SMILES string of the molecule is C=CC(CC)CCC/C(N=CC)=C(\N)C(=N)SC. The Labute approximate surface area is 115 Å². The van der Waals surface area contributed by atoms with E-state index in [9.17, 15) is 0 Å². The molecule has 102 valence electrons. The molecule has 0 aliphatic rings. The highest BCUT2D eigenvalue weighted by Gasteiger charge is 2.08. The molecule has 18 heavy (non-hydrogen) atoms. The van der Waals surface area contributed by atoms with Gasteiger partial charge >= 0.3 is 0 Å². The summed E-state index contributed by atoms with van der Waals surface area (Å²) in [5.41, 5.74) is 7.28. The molecule has 0 aromatic rings. The first-order valence-electron chi connectivity index (χ1n) is 6.33. The summed E-state index contributed by atoms with van der Waals surface area (Å²) in [7, 11) is 0. The Morgan fingerprint density at radius 1 is 1.56 bits per heavy atom. The summed E-state index contributed by atoms with van der Waals surface area (Å²) in [6.45, 7) is 7.88. The van der Waals surface area contributed by atoms with Gasteiger partial charge in [-0.25, -0.2) is 0 Å². The summed E-state index contributed by atoms with van der Waals surface area (Å²) in [6, 6.07) is 0. The molecule has 0 bridgehead atoms. The molecule has 0 amide bonds. The van der Waals surface area contributed by atoms with E-state index in [1.54, 1.807) is 6.21 Å². The van der Waals surface area contributed by atoms with Gasteiger partial charge in [-0.15, -0.1) is 18.3 Å². The number of nitrogens with zero attached hydrogens (tertiary/aromatic N) is 1. The first-order valence-corrected chi connectivity index (χ1v) is 7.55. The molecular weight excluding hydrogens is 242 g/mol. The summed E-state index contributed by atoms with van der Waals surface area (Å²) in [4.78, 5) is 4.29. The Kier molecular flexibility index (Phi) is 9.38. The number of hydrogen-bond donors (Lipinski definition) is 2. The van der Waals surface area contributed by atoms with Gasteiger partial charge in [0.05, 0.1) is 11.4 Å². The maximum Gasteiger partial charge on any atom is 0.112 e. The summed E-state index contributed by atoms with van der Waals surface area (Å²) in [5.74, 6) is 0.568. The second-order valence-corrected chi connectivity index (χ2v) is 4.89. The molecule has 0 fully saturated rings. The maximum absolute atomic E-state index is 7.73. The van der Waals surface area contributed by atoms with Crippen LogP contribution in [0.25, 0.3) is 0 Å². The molecule has 4 heteroatoms. The van der Waals surface area contributed by atoms with Crippen molar-refractivity contribution in [2.75, 3.05) is 6.26 Å². The van der Waals surface area contributed by atoms with E-state index in [2.05, 4.69) is 18.5 Å². The summed E-state index contributed by atoms with van der Waals surface area (Å²) < 4.78 is 0. The molecule has 0 rings (SSSR count). The topological polar surface area (TPSA) is 62.2 Å². The molecule has 3 N–H and O–H groups in total. The van der Waals surface area contributed by atoms with Gasteiger partial charge in [-0.2, -0.15) is 0 Å². The van der Waals surface area contributed by atoms with E-state index in [-0.39, 0.29) is 0 Å². The molecule has 1 atom stereocenters. The number of allylic oxidation sites excluding steroid dienone is 2. The molecule has 0 heterocycles. The van der Waals surface area contributed by atoms with Gasteiger partial charge in [-0.3, -0.25) is 10.4 Å². The van der Waals surface area contributed by atoms with Gasteiger partial charge in [-0.05, 0) is 44.8 Å². The number of rotatable bonds is 8. The van der Waals surface area contributed by atoms with Crippen molar-refractivity contribution < 1.29 is 0 Å². The van der Waals surface area contributed by atoms with Gasteiger partial charge < -0.3 is 5.73 Å². The minimum atomic E-state index is 0.395. The summed E-state index contributed by atoms with van der Waals surface area (Å²) in [6.07, 6.45) is 9.68. The van der Waals surface area contributed by atoms with E-state index in [0.29, 0.717) is 16.7 Å². The van der Waals surface area contributed by atoms with E-state index in [1.807, 2.05) is 19.3 Å². The van der Waals surface area contributed by atoms with Gasteiger partial charge in [0.1, 0.15) is 5.04 Å². The predicted octanol–water partition coefficient (Wildman–Crippen LogP) is 3.97. The Balaban J connectivity index is 4.55. The highest BCUT2D eigenvalue weighted by molar-refractivity contribution is 8.13. The van der Waals surface area contributed by atoms with Crippen LogP contribution in [0.5, 0.6) is 0 Å². The van der Waals surface area contributed by atoms with Gasteiger partial charge in [0.25, 0.3) is 0 Å². The first kappa shape index (κ1) is 17.0. The molecule has 0 aromatic carbocycles. The zero-order valence-corrected chi connectivity index (χ0v) is 12.5. The largest absolute Gasteiger partial charge is 0.395 e. The van der Waals surface area contributed by atoms with Crippen LogP contribution in [0.3, 0.4) is 0 Å². The Hall–Kier alpha value is -1.03. The molecule has 1 unspecified atom stereocenters. The minimum absolute atomic E-state index is 0.395. The van der Waals surface area contributed by atoms with Crippen molar-refractivity contribution in [3.63, 3.8) is 0 Å². The van der Waals surface area contributed by atoms with Crippen molar-refractivity contribution >= 4 is 23.0 Å². The van der Waals surface area contributed by atoms with E-state index < -0.39 is 0 Å². The van der Waals surface area contributed by atoms with Crippen molar-refractivity contribution in [3.05, 3.63) is 24.0 Å². The average Bonchev–Trinajstić information content (AvgIpc) is 2.40. The number of nitrogens with one attached hydrogen (secondary N) is 1. The van der Waals surface area contributed by atoms with Crippen molar-refractivity contribution in [3.8, 4) is 0 Å². The highest BCUT2D eigenvalue weighted by atomic mass is 32.2. The Morgan fingerprint density at radius 2 is 2.22 bits per heavy atom. The molecule has 0 aliphatic carbocycles. The van der Waals surface area contributed by atoms with Crippen LogP contribution in [0.2, 0.25) is 0 Å². The molecule has 0 aromatic heterocycles. The lowest BCUT2D eigenvalue weighted by Crippen LogP contribution is -2.10. The number of thioether (sulfide) groups is 1. The van der Waals surface area contributed by atoms with Gasteiger partial charge in [0.2, 0.25) is 0 Å². The lowest BCUT2D eigenvalue weighted by atomic mass is 9.98.